The molecule has 0 saturated carbocycles. The van der Waals surface area contributed by atoms with E-state index in [4.69, 9.17) is 4.74 Å². The molecule has 124 valence electrons. The van der Waals surface area contributed by atoms with E-state index < -0.39 is 0 Å². The highest BCUT2D eigenvalue weighted by Crippen LogP contribution is 2.29. The van der Waals surface area contributed by atoms with Gasteiger partial charge in [-0.1, -0.05) is 47.1 Å². The number of hydrogen-bond donors (Lipinski definition) is 0. The predicted octanol–water partition coefficient (Wildman–Crippen LogP) is 5.24. The number of halogens is 1. The fourth-order valence-corrected chi connectivity index (χ4v) is 3.44. The fourth-order valence-electron chi connectivity index (χ4n) is 3.02. The molecule has 0 spiro atoms. The maximum Gasteiger partial charge on any atom is 0.118 e. The molecule has 0 aliphatic rings. The zero-order valence-corrected chi connectivity index (χ0v) is 15.5. The zero-order valence-electron chi connectivity index (χ0n) is 13.9. The molecule has 2 aromatic carbocycles. The predicted molar refractivity (Wildman–Crippen MR) is 101 cm³/mol. The number of ether oxygens (including phenoxy) is 1. The summed E-state index contributed by atoms with van der Waals surface area (Å²) in [4.78, 5) is 4.40. The van der Waals surface area contributed by atoms with Gasteiger partial charge >= 0.3 is 0 Å². The van der Waals surface area contributed by atoms with Crippen molar-refractivity contribution in [2.75, 3.05) is 7.11 Å². The maximum atomic E-state index is 5.23. The molecule has 3 aromatic rings. The minimum atomic E-state index is 0.336. The minimum Gasteiger partial charge on any atom is -0.497 e. The smallest absolute Gasteiger partial charge is 0.118 e. The summed E-state index contributed by atoms with van der Waals surface area (Å²) in [6.07, 6.45) is 4.93. The standard InChI is InChI=1S/C20H21BrN2O/c1-3-19(16-5-4-6-17(21)11-16)20-12-22-14-23(20)13-15-7-9-18(24-2)10-8-15/h4-12,14,19H,3,13H2,1-2H3. The van der Waals surface area contributed by atoms with Crippen molar-refractivity contribution in [1.82, 2.24) is 9.55 Å². The molecule has 0 radical (unpaired) electrons. The van der Waals surface area contributed by atoms with Crippen LogP contribution < -0.4 is 4.74 Å². The molecule has 3 nitrogen and oxygen atoms in total. The molecule has 0 saturated heterocycles. The van der Waals surface area contributed by atoms with Crippen LogP contribution in [0.4, 0.5) is 0 Å². The molecule has 1 unspecified atom stereocenters. The van der Waals surface area contributed by atoms with Crippen molar-refractivity contribution in [3.8, 4) is 5.75 Å². The molecular weight excluding hydrogens is 364 g/mol. The van der Waals surface area contributed by atoms with Gasteiger partial charge in [-0.05, 0) is 41.8 Å². The van der Waals surface area contributed by atoms with E-state index >= 15 is 0 Å². The number of rotatable bonds is 6. The highest BCUT2D eigenvalue weighted by atomic mass is 79.9. The summed E-state index contributed by atoms with van der Waals surface area (Å²) in [6.45, 7) is 3.03. The van der Waals surface area contributed by atoms with Crippen LogP contribution in [0.3, 0.4) is 0 Å². The van der Waals surface area contributed by atoms with Crippen LogP contribution in [0.15, 0.2) is 65.5 Å². The van der Waals surface area contributed by atoms with Crippen LogP contribution in [0.2, 0.25) is 0 Å². The van der Waals surface area contributed by atoms with E-state index in [2.05, 4.69) is 68.8 Å². The Bertz CT molecular complexity index is 795. The highest BCUT2D eigenvalue weighted by Gasteiger charge is 2.17. The SMILES string of the molecule is CCC(c1cccc(Br)c1)c1cncn1Cc1ccc(OC)cc1. The lowest BCUT2D eigenvalue weighted by molar-refractivity contribution is 0.414. The molecular formula is C20H21BrN2O. The molecule has 1 atom stereocenters. The molecule has 4 heteroatoms. The molecule has 0 bridgehead atoms. The fraction of sp³-hybridized carbons (Fsp3) is 0.250. The Morgan fingerprint density at radius 1 is 1.17 bits per heavy atom. The summed E-state index contributed by atoms with van der Waals surface area (Å²) >= 11 is 3.57. The zero-order chi connectivity index (χ0) is 16.9. The first-order valence-corrected chi connectivity index (χ1v) is 8.89. The Morgan fingerprint density at radius 2 is 1.96 bits per heavy atom. The summed E-state index contributed by atoms with van der Waals surface area (Å²) in [5.41, 5.74) is 3.79. The number of nitrogens with zero attached hydrogens (tertiary/aromatic N) is 2. The van der Waals surface area contributed by atoms with Crippen molar-refractivity contribution in [1.29, 1.82) is 0 Å². The van der Waals surface area contributed by atoms with Gasteiger partial charge < -0.3 is 9.30 Å². The van der Waals surface area contributed by atoms with Gasteiger partial charge in [-0.25, -0.2) is 4.98 Å². The van der Waals surface area contributed by atoms with Crippen LogP contribution in [-0.4, -0.2) is 16.7 Å². The second kappa shape index (κ2) is 7.67. The Labute approximate surface area is 151 Å². The highest BCUT2D eigenvalue weighted by molar-refractivity contribution is 9.10. The van der Waals surface area contributed by atoms with E-state index in [1.165, 1.54) is 16.8 Å². The molecule has 0 aliphatic carbocycles. The number of benzene rings is 2. The second-order valence-corrected chi connectivity index (χ2v) is 6.73. The molecule has 1 aromatic heterocycles. The average molecular weight is 385 g/mol. The number of aromatic nitrogens is 2. The first-order valence-electron chi connectivity index (χ1n) is 8.09. The summed E-state index contributed by atoms with van der Waals surface area (Å²) in [7, 11) is 1.69. The van der Waals surface area contributed by atoms with Crippen molar-refractivity contribution >= 4 is 15.9 Å². The molecule has 0 amide bonds. The Kier molecular flexibility index (Phi) is 5.36. The molecule has 24 heavy (non-hydrogen) atoms. The molecule has 0 N–H and O–H groups in total. The first-order chi connectivity index (χ1) is 11.7. The molecule has 1 heterocycles. The van der Waals surface area contributed by atoms with Crippen LogP contribution in [0.1, 0.15) is 36.1 Å². The number of methoxy groups -OCH3 is 1. The third-order valence-electron chi connectivity index (χ3n) is 4.27. The number of hydrogen-bond acceptors (Lipinski definition) is 2. The Balaban J connectivity index is 1.87. The van der Waals surface area contributed by atoms with Gasteiger partial charge in [0, 0.05) is 28.8 Å². The largest absolute Gasteiger partial charge is 0.497 e. The van der Waals surface area contributed by atoms with Crippen molar-refractivity contribution < 1.29 is 4.74 Å². The quantitative estimate of drug-likeness (QED) is 0.580. The Hall–Kier alpha value is -2.07. The summed E-state index contributed by atoms with van der Waals surface area (Å²) in [5, 5.41) is 0. The maximum absolute atomic E-state index is 5.23. The van der Waals surface area contributed by atoms with Gasteiger partial charge in [0.1, 0.15) is 5.75 Å². The minimum absolute atomic E-state index is 0.336. The van der Waals surface area contributed by atoms with Gasteiger partial charge in [0.05, 0.1) is 13.4 Å². The van der Waals surface area contributed by atoms with Gasteiger partial charge in [0.15, 0.2) is 0 Å². The van der Waals surface area contributed by atoms with Crippen LogP contribution >= 0.6 is 15.9 Å². The molecule has 3 rings (SSSR count). The van der Waals surface area contributed by atoms with Crippen LogP contribution in [-0.2, 0) is 6.54 Å². The van der Waals surface area contributed by atoms with Gasteiger partial charge in [-0.15, -0.1) is 0 Å². The van der Waals surface area contributed by atoms with E-state index in [1.54, 1.807) is 7.11 Å². The van der Waals surface area contributed by atoms with E-state index in [-0.39, 0.29) is 0 Å². The lowest BCUT2D eigenvalue weighted by Gasteiger charge is -2.18. The monoisotopic (exact) mass is 384 g/mol. The second-order valence-electron chi connectivity index (χ2n) is 5.81. The van der Waals surface area contributed by atoms with Gasteiger partial charge in [0.2, 0.25) is 0 Å². The van der Waals surface area contributed by atoms with Gasteiger partial charge in [0.25, 0.3) is 0 Å². The van der Waals surface area contributed by atoms with E-state index in [0.717, 1.165) is 23.2 Å². The third kappa shape index (κ3) is 3.70. The van der Waals surface area contributed by atoms with Gasteiger partial charge in [-0.3, -0.25) is 0 Å². The third-order valence-corrected chi connectivity index (χ3v) is 4.77. The van der Waals surface area contributed by atoms with Crippen molar-refractivity contribution in [3.63, 3.8) is 0 Å². The number of imidazole rings is 1. The van der Waals surface area contributed by atoms with E-state index in [0.29, 0.717) is 5.92 Å². The lowest BCUT2D eigenvalue weighted by atomic mass is 9.93. The van der Waals surface area contributed by atoms with E-state index in [1.807, 2.05) is 24.7 Å². The average Bonchev–Trinajstić information content (AvgIpc) is 3.04. The van der Waals surface area contributed by atoms with Crippen molar-refractivity contribution in [2.45, 2.75) is 25.8 Å². The Morgan fingerprint density at radius 3 is 2.62 bits per heavy atom. The van der Waals surface area contributed by atoms with Crippen molar-refractivity contribution in [2.24, 2.45) is 0 Å². The van der Waals surface area contributed by atoms with Crippen LogP contribution in [0, 0.1) is 0 Å². The summed E-state index contributed by atoms with van der Waals surface area (Å²) in [5.74, 6) is 1.22. The lowest BCUT2D eigenvalue weighted by Crippen LogP contribution is -2.09. The van der Waals surface area contributed by atoms with Crippen LogP contribution in [0.5, 0.6) is 5.75 Å². The topological polar surface area (TPSA) is 27.1 Å². The molecule has 0 fully saturated rings. The van der Waals surface area contributed by atoms with E-state index in [9.17, 15) is 0 Å². The first kappa shape index (κ1) is 16.8. The van der Waals surface area contributed by atoms with Crippen LogP contribution in [0.25, 0.3) is 0 Å². The summed E-state index contributed by atoms with van der Waals surface area (Å²) in [6, 6.07) is 16.7. The van der Waals surface area contributed by atoms with Crippen molar-refractivity contribution in [3.05, 3.63) is 82.3 Å². The summed E-state index contributed by atoms with van der Waals surface area (Å²) < 4.78 is 8.57. The van der Waals surface area contributed by atoms with Gasteiger partial charge in [-0.2, -0.15) is 0 Å². The molecule has 0 aliphatic heterocycles. The normalized spacial score (nSPS) is 12.1.